The Labute approximate surface area is 188 Å². The third-order valence-corrected chi connectivity index (χ3v) is 4.71. The van der Waals surface area contributed by atoms with Crippen molar-refractivity contribution in [2.75, 3.05) is 16.3 Å². The fourth-order valence-corrected chi connectivity index (χ4v) is 3.33. The van der Waals surface area contributed by atoms with Crippen LogP contribution in [0.3, 0.4) is 0 Å². The summed E-state index contributed by atoms with van der Waals surface area (Å²) in [4.78, 5) is 11.4. The molecule has 0 saturated carbocycles. The zero-order valence-corrected chi connectivity index (χ0v) is 18.3. The van der Waals surface area contributed by atoms with Gasteiger partial charge in [0.05, 0.1) is 6.04 Å². The molecular formula is C22H32N10. The summed E-state index contributed by atoms with van der Waals surface area (Å²) in [6, 6.07) is 18.6. The van der Waals surface area contributed by atoms with E-state index in [9.17, 15) is 0 Å². The second-order valence-corrected chi connectivity index (χ2v) is 7.17. The van der Waals surface area contributed by atoms with Gasteiger partial charge in [0.2, 0.25) is 11.9 Å². The highest BCUT2D eigenvalue weighted by molar-refractivity contribution is 6.03. The first-order valence-corrected chi connectivity index (χ1v) is 10.4. The largest absolute Gasteiger partial charge is 0.370 e. The van der Waals surface area contributed by atoms with Crippen LogP contribution < -0.4 is 32.7 Å². The maximum Gasteiger partial charge on any atom is 0.225 e. The van der Waals surface area contributed by atoms with E-state index in [1.807, 2.05) is 60.7 Å². The standard InChI is InChI=1S/C22H32N10/c1-2-3-10-18(32(22(28)30-20(25)26)17-13-8-5-9-14-17)15-31(21(27)29-19(23)24)16-11-6-4-7-12-16/h4-9,11-14,18H,2-3,10,15H2,1H3,(H5,23,24,27,29)(H5,25,26,28,30). The summed E-state index contributed by atoms with van der Waals surface area (Å²) in [5.41, 5.74) is 23.8. The van der Waals surface area contributed by atoms with Crippen molar-refractivity contribution in [3.05, 3.63) is 60.7 Å². The molecule has 0 aliphatic rings. The molecule has 2 aromatic rings. The summed E-state index contributed by atoms with van der Waals surface area (Å²) in [5, 5.41) is 17.1. The van der Waals surface area contributed by atoms with Crippen LogP contribution in [-0.2, 0) is 0 Å². The second kappa shape index (κ2) is 11.9. The van der Waals surface area contributed by atoms with Gasteiger partial charge >= 0.3 is 0 Å². The van der Waals surface area contributed by atoms with Crippen LogP contribution >= 0.6 is 0 Å². The summed E-state index contributed by atoms with van der Waals surface area (Å²) in [7, 11) is 0. The second-order valence-electron chi connectivity index (χ2n) is 7.17. The number of nitrogens with two attached hydrogens (primary N) is 4. The molecule has 0 amide bonds. The first-order chi connectivity index (χ1) is 15.3. The van der Waals surface area contributed by atoms with Crippen molar-refractivity contribution in [2.24, 2.45) is 32.9 Å². The van der Waals surface area contributed by atoms with E-state index < -0.39 is 0 Å². The number of para-hydroxylation sites is 2. The third kappa shape index (κ3) is 7.01. The Kier molecular flexibility index (Phi) is 9.03. The fraction of sp³-hybridized carbons (Fsp3) is 0.273. The van der Waals surface area contributed by atoms with Crippen molar-refractivity contribution in [1.82, 2.24) is 0 Å². The monoisotopic (exact) mass is 436 g/mol. The molecule has 0 aliphatic carbocycles. The van der Waals surface area contributed by atoms with Crippen LogP contribution in [-0.4, -0.2) is 36.4 Å². The minimum absolute atomic E-state index is 0.0846. The molecule has 10 N–H and O–H groups in total. The molecule has 0 spiro atoms. The van der Waals surface area contributed by atoms with Crippen molar-refractivity contribution >= 4 is 35.2 Å². The Balaban J connectivity index is 2.53. The van der Waals surface area contributed by atoms with Crippen LogP contribution in [0.15, 0.2) is 70.6 Å². The Morgan fingerprint density at radius 2 is 1.31 bits per heavy atom. The van der Waals surface area contributed by atoms with Crippen LogP contribution in [0.1, 0.15) is 26.2 Å². The Morgan fingerprint density at radius 1 is 0.812 bits per heavy atom. The quantitative estimate of drug-likeness (QED) is 0.271. The van der Waals surface area contributed by atoms with E-state index >= 15 is 0 Å². The number of nitrogens with one attached hydrogen (secondary N) is 2. The highest BCUT2D eigenvalue weighted by Gasteiger charge is 2.27. The number of hydrogen-bond donors (Lipinski definition) is 6. The maximum absolute atomic E-state index is 8.59. The Hall–Kier alpha value is -4.08. The van der Waals surface area contributed by atoms with Crippen molar-refractivity contribution < 1.29 is 0 Å². The lowest BCUT2D eigenvalue weighted by Gasteiger charge is -2.36. The lowest BCUT2D eigenvalue weighted by atomic mass is 10.1. The van der Waals surface area contributed by atoms with E-state index in [1.54, 1.807) is 9.80 Å². The minimum Gasteiger partial charge on any atom is -0.370 e. The van der Waals surface area contributed by atoms with Gasteiger partial charge in [0.15, 0.2) is 11.9 Å². The van der Waals surface area contributed by atoms with Crippen molar-refractivity contribution in [1.29, 1.82) is 10.8 Å². The minimum atomic E-state index is -0.247. The predicted octanol–water partition coefficient (Wildman–Crippen LogP) is 1.97. The van der Waals surface area contributed by atoms with Gasteiger partial charge in [0, 0.05) is 17.9 Å². The summed E-state index contributed by atoms with van der Waals surface area (Å²) in [6.45, 7) is 2.43. The SMILES string of the molecule is CCCCC(CN(C(=N)N=C(N)N)c1ccccc1)N(C(=N)N=C(N)N)c1ccccc1. The number of hydrogen-bond acceptors (Lipinski definition) is 2. The maximum atomic E-state index is 8.59. The van der Waals surface area contributed by atoms with E-state index in [1.165, 1.54) is 0 Å². The zero-order chi connectivity index (χ0) is 23.5. The van der Waals surface area contributed by atoms with E-state index in [0.29, 0.717) is 6.54 Å². The molecule has 0 aliphatic heterocycles. The first kappa shape index (κ1) is 24.2. The number of benzene rings is 2. The summed E-state index contributed by atoms with van der Waals surface area (Å²) in [5.74, 6) is -0.578. The van der Waals surface area contributed by atoms with Crippen molar-refractivity contribution in [3.8, 4) is 0 Å². The fourth-order valence-electron chi connectivity index (χ4n) is 3.33. The summed E-state index contributed by atoms with van der Waals surface area (Å²) in [6.07, 6.45) is 2.60. The predicted molar refractivity (Wildman–Crippen MR) is 133 cm³/mol. The van der Waals surface area contributed by atoms with Crippen LogP contribution in [0.25, 0.3) is 0 Å². The molecule has 0 heterocycles. The summed E-state index contributed by atoms with van der Waals surface area (Å²) < 4.78 is 0. The smallest absolute Gasteiger partial charge is 0.225 e. The summed E-state index contributed by atoms with van der Waals surface area (Å²) >= 11 is 0. The van der Waals surface area contributed by atoms with Gasteiger partial charge in [-0.2, -0.15) is 9.98 Å². The van der Waals surface area contributed by atoms with E-state index in [-0.39, 0.29) is 29.9 Å². The van der Waals surface area contributed by atoms with E-state index in [2.05, 4.69) is 16.9 Å². The number of anilines is 2. The number of nitrogens with zero attached hydrogens (tertiary/aromatic N) is 4. The number of unbranched alkanes of at least 4 members (excludes halogenated alkanes) is 1. The van der Waals surface area contributed by atoms with Crippen molar-refractivity contribution in [3.63, 3.8) is 0 Å². The van der Waals surface area contributed by atoms with Gasteiger partial charge in [-0.25, -0.2) is 0 Å². The van der Waals surface area contributed by atoms with Crippen LogP contribution in [0.2, 0.25) is 0 Å². The molecule has 0 bridgehead atoms. The lowest BCUT2D eigenvalue weighted by Crippen LogP contribution is -2.49. The molecule has 170 valence electrons. The van der Waals surface area contributed by atoms with Gasteiger partial charge in [-0.1, -0.05) is 56.2 Å². The highest BCUT2D eigenvalue weighted by atomic mass is 15.3. The molecule has 0 fully saturated rings. The highest BCUT2D eigenvalue weighted by Crippen LogP contribution is 2.24. The lowest BCUT2D eigenvalue weighted by molar-refractivity contribution is 0.574. The number of rotatable bonds is 8. The van der Waals surface area contributed by atoms with Gasteiger partial charge in [0.25, 0.3) is 0 Å². The third-order valence-electron chi connectivity index (χ3n) is 4.71. The van der Waals surface area contributed by atoms with E-state index in [4.69, 9.17) is 33.8 Å². The molecule has 2 aromatic carbocycles. The average molecular weight is 437 g/mol. The van der Waals surface area contributed by atoms with Gasteiger partial charge < -0.3 is 32.7 Å². The Bertz CT molecular complexity index is 932. The number of aliphatic imine (C=N–C) groups is 2. The van der Waals surface area contributed by atoms with Crippen LogP contribution in [0.4, 0.5) is 11.4 Å². The first-order valence-electron chi connectivity index (χ1n) is 10.4. The average Bonchev–Trinajstić information content (AvgIpc) is 2.75. The zero-order valence-electron chi connectivity index (χ0n) is 18.3. The molecule has 0 saturated heterocycles. The number of guanidine groups is 4. The molecule has 0 radical (unpaired) electrons. The van der Waals surface area contributed by atoms with Gasteiger partial charge in [-0.15, -0.1) is 0 Å². The van der Waals surface area contributed by atoms with Crippen LogP contribution in [0.5, 0.6) is 0 Å². The normalized spacial score (nSPS) is 11.2. The van der Waals surface area contributed by atoms with Crippen molar-refractivity contribution in [2.45, 2.75) is 32.2 Å². The van der Waals surface area contributed by atoms with Gasteiger partial charge in [-0.05, 0) is 30.7 Å². The Morgan fingerprint density at radius 3 is 1.81 bits per heavy atom. The molecule has 1 unspecified atom stereocenters. The molecule has 1 atom stereocenters. The van der Waals surface area contributed by atoms with E-state index in [0.717, 1.165) is 30.6 Å². The molecular weight excluding hydrogens is 404 g/mol. The van der Waals surface area contributed by atoms with Crippen LogP contribution in [0, 0.1) is 10.8 Å². The molecule has 2 rings (SSSR count). The molecule has 0 aromatic heterocycles. The molecule has 32 heavy (non-hydrogen) atoms. The topological polar surface area (TPSA) is 183 Å². The molecule has 10 heteroatoms. The molecule has 10 nitrogen and oxygen atoms in total. The van der Waals surface area contributed by atoms with Gasteiger partial charge in [0.1, 0.15) is 0 Å². The van der Waals surface area contributed by atoms with Gasteiger partial charge in [-0.3, -0.25) is 10.8 Å².